The van der Waals surface area contributed by atoms with Crippen molar-refractivity contribution in [1.82, 2.24) is 15.6 Å². The SMILES string of the molecule is Cc1cccc(C(=O)NC=C2CCCCCCNC(=O)CC2)n1. The third kappa shape index (κ3) is 6.22. The van der Waals surface area contributed by atoms with Gasteiger partial charge in [-0.25, -0.2) is 4.98 Å². The number of nitrogens with zero attached hydrogens (tertiary/aromatic N) is 1. The van der Waals surface area contributed by atoms with Gasteiger partial charge in [-0.15, -0.1) is 0 Å². The molecule has 5 nitrogen and oxygen atoms in total. The number of hydrogen-bond donors (Lipinski definition) is 2. The normalized spacial score (nSPS) is 18.8. The van der Waals surface area contributed by atoms with E-state index in [1.807, 2.05) is 19.1 Å². The molecular weight excluding hydrogens is 290 g/mol. The van der Waals surface area contributed by atoms with Gasteiger partial charge < -0.3 is 10.6 Å². The van der Waals surface area contributed by atoms with Crippen molar-refractivity contribution in [2.75, 3.05) is 6.54 Å². The lowest BCUT2D eigenvalue weighted by atomic mass is 10.0. The fraction of sp³-hybridized carbons (Fsp3) is 0.500. The van der Waals surface area contributed by atoms with Gasteiger partial charge >= 0.3 is 0 Å². The average Bonchev–Trinajstić information content (AvgIpc) is 2.59. The molecule has 0 unspecified atom stereocenters. The zero-order valence-corrected chi connectivity index (χ0v) is 13.7. The molecule has 2 heterocycles. The Bertz CT molecular complexity index is 581. The van der Waals surface area contributed by atoms with Gasteiger partial charge in [0.05, 0.1) is 0 Å². The summed E-state index contributed by atoms with van der Waals surface area (Å²) < 4.78 is 0. The van der Waals surface area contributed by atoms with Crippen molar-refractivity contribution >= 4 is 11.8 Å². The summed E-state index contributed by atoms with van der Waals surface area (Å²) in [5.41, 5.74) is 2.34. The first-order valence-corrected chi connectivity index (χ1v) is 8.34. The third-order valence-corrected chi connectivity index (χ3v) is 3.95. The molecule has 1 aliphatic rings. The van der Waals surface area contributed by atoms with Crippen molar-refractivity contribution < 1.29 is 9.59 Å². The number of carbonyl (C=O) groups is 2. The fourth-order valence-electron chi connectivity index (χ4n) is 2.60. The van der Waals surface area contributed by atoms with Crippen LogP contribution in [-0.2, 0) is 4.79 Å². The van der Waals surface area contributed by atoms with Crippen LogP contribution in [0.4, 0.5) is 0 Å². The van der Waals surface area contributed by atoms with Gasteiger partial charge in [-0.2, -0.15) is 0 Å². The van der Waals surface area contributed by atoms with Gasteiger partial charge in [0.15, 0.2) is 0 Å². The number of allylic oxidation sites excluding steroid dienone is 1. The lowest BCUT2D eigenvalue weighted by molar-refractivity contribution is -0.121. The zero-order valence-electron chi connectivity index (χ0n) is 13.7. The molecule has 124 valence electrons. The van der Waals surface area contributed by atoms with Gasteiger partial charge in [0.25, 0.3) is 5.91 Å². The fourth-order valence-corrected chi connectivity index (χ4v) is 2.60. The summed E-state index contributed by atoms with van der Waals surface area (Å²) in [5.74, 6) is -0.121. The Balaban J connectivity index is 1.96. The van der Waals surface area contributed by atoms with E-state index in [1.165, 1.54) is 0 Å². The van der Waals surface area contributed by atoms with E-state index in [9.17, 15) is 9.59 Å². The summed E-state index contributed by atoms with van der Waals surface area (Å²) in [5, 5.41) is 5.75. The molecule has 0 radical (unpaired) electrons. The summed E-state index contributed by atoms with van der Waals surface area (Å²) in [4.78, 5) is 28.1. The molecule has 2 amide bonds. The van der Waals surface area contributed by atoms with Crippen molar-refractivity contribution in [3.63, 3.8) is 0 Å². The summed E-state index contributed by atoms with van der Waals surface area (Å²) in [7, 11) is 0. The molecule has 0 atom stereocenters. The largest absolute Gasteiger partial charge is 0.356 e. The van der Waals surface area contributed by atoms with Crippen LogP contribution in [0, 0.1) is 6.92 Å². The smallest absolute Gasteiger partial charge is 0.273 e. The van der Waals surface area contributed by atoms with E-state index in [1.54, 1.807) is 12.3 Å². The highest BCUT2D eigenvalue weighted by Gasteiger charge is 2.09. The Morgan fingerprint density at radius 2 is 2.00 bits per heavy atom. The molecule has 1 aromatic rings. The molecule has 0 aliphatic carbocycles. The van der Waals surface area contributed by atoms with E-state index in [2.05, 4.69) is 15.6 Å². The van der Waals surface area contributed by atoms with Crippen molar-refractivity contribution in [1.29, 1.82) is 0 Å². The van der Waals surface area contributed by atoms with Crippen LogP contribution in [0.2, 0.25) is 0 Å². The second kappa shape index (κ2) is 9.08. The highest BCUT2D eigenvalue weighted by molar-refractivity contribution is 5.92. The van der Waals surface area contributed by atoms with E-state index in [4.69, 9.17) is 0 Å². The Kier molecular flexibility index (Phi) is 6.78. The lowest BCUT2D eigenvalue weighted by Crippen LogP contribution is -2.24. The van der Waals surface area contributed by atoms with Crippen molar-refractivity contribution in [2.45, 2.75) is 51.9 Å². The van der Waals surface area contributed by atoms with Gasteiger partial charge in [-0.3, -0.25) is 9.59 Å². The molecule has 2 rings (SSSR count). The van der Waals surface area contributed by atoms with Crippen LogP contribution >= 0.6 is 0 Å². The summed E-state index contributed by atoms with van der Waals surface area (Å²) >= 11 is 0. The van der Waals surface area contributed by atoms with Gasteiger partial charge in [-0.1, -0.05) is 24.5 Å². The monoisotopic (exact) mass is 315 g/mol. The predicted octanol–water partition coefficient (Wildman–Crippen LogP) is 2.86. The maximum Gasteiger partial charge on any atom is 0.273 e. The molecule has 2 N–H and O–H groups in total. The van der Waals surface area contributed by atoms with E-state index >= 15 is 0 Å². The molecule has 5 heteroatoms. The lowest BCUT2D eigenvalue weighted by Gasteiger charge is -2.08. The summed E-state index contributed by atoms with van der Waals surface area (Å²) in [6, 6.07) is 5.38. The van der Waals surface area contributed by atoms with E-state index in [-0.39, 0.29) is 11.8 Å². The molecule has 23 heavy (non-hydrogen) atoms. The Morgan fingerprint density at radius 3 is 2.83 bits per heavy atom. The molecule has 0 aromatic carbocycles. The number of nitrogens with one attached hydrogen (secondary N) is 2. The predicted molar refractivity (Wildman–Crippen MR) is 89.9 cm³/mol. The maximum absolute atomic E-state index is 12.1. The second-order valence-electron chi connectivity index (χ2n) is 5.95. The molecular formula is C18H25N3O2. The first-order valence-electron chi connectivity index (χ1n) is 8.34. The van der Waals surface area contributed by atoms with Gasteiger partial charge in [-0.05, 0) is 44.7 Å². The van der Waals surface area contributed by atoms with Crippen molar-refractivity contribution in [3.05, 3.63) is 41.4 Å². The molecule has 0 bridgehead atoms. The number of amides is 2. The van der Waals surface area contributed by atoms with Crippen LogP contribution in [0.15, 0.2) is 30.0 Å². The number of pyridine rings is 1. The van der Waals surface area contributed by atoms with Crippen LogP contribution in [0.3, 0.4) is 0 Å². The van der Waals surface area contributed by atoms with E-state index in [0.717, 1.165) is 49.9 Å². The minimum Gasteiger partial charge on any atom is -0.356 e. The molecule has 1 saturated heterocycles. The standard InChI is InChI=1S/C18H25N3O2/c1-14-7-6-9-16(21-14)18(23)20-13-15-8-4-2-3-5-12-19-17(22)11-10-15/h6-7,9,13H,2-5,8,10-12H2,1H3,(H,19,22)(H,20,23). The Labute approximate surface area is 137 Å². The number of carbonyl (C=O) groups excluding carboxylic acids is 2. The van der Waals surface area contributed by atoms with Crippen LogP contribution in [0.1, 0.15) is 61.1 Å². The van der Waals surface area contributed by atoms with Crippen LogP contribution in [-0.4, -0.2) is 23.3 Å². The zero-order chi connectivity index (χ0) is 16.5. The summed E-state index contributed by atoms with van der Waals surface area (Å²) in [6.07, 6.45) is 8.27. The van der Waals surface area contributed by atoms with Crippen molar-refractivity contribution in [3.8, 4) is 0 Å². The molecule has 0 spiro atoms. The first kappa shape index (κ1) is 17.2. The minimum absolute atomic E-state index is 0.0875. The number of rotatable bonds is 2. The second-order valence-corrected chi connectivity index (χ2v) is 5.95. The number of aromatic nitrogens is 1. The van der Waals surface area contributed by atoms with E-state index < -0.39 is 0 Å². The van der Waals surface area contributed by atoms with Crippen LogP contribution < -0.4 is 10.6 Å². The van der Waals surface area contributed by atoms with Crippen LogP contribution in [0.25, 0.3) is 0 Å². The first-order chi connectivity index (χ1) is 11.1. The quantitative estimate of drug-likeness (QED) is 0.881. The van der Waals surface area contributed by atoms with Gasteiger partial charge in [0.1, 0.15) is 5.69 Å². The Hall–Kier alpha value is -2.17. The number of hydrogen-bond acceptors (Lipinski definition) is 3. The summed E-state index contributed by atoms with van der Waals surface area (Å²) in [6.45, 7) is 2.63. The van der Waals surface area contributed by atoms with Gasteiger partial charge in [0, 0.05) is 24.9 Å². The van der Waals surface area contributed by atoms with Crippen LogP contribution in [0.5, 0.6) is 0 Å². The minimum atomic E-state index is -0.208. The van der Waals surface area contributed by atoms with Crippen molar-refractivity contribution in [2.24, 2.45) is 0 Å². The highest BCUT2D eigenvalue weighted by atomic mass is 16.2. The van der Waals surface area contributed by atoms with Gasteiger partial charge in [0.2, 0.25) is 5.91 Å². The highest BCUT2D eigenvalue weighted by Crippen LogP contribution is 2.15. The molecule has 1 aliphatic heterocycles. The average molecular weight is 315 g/mol. The number of aryl methyl sites for hydroxylation is 1. The molecule has 1 aromatic heterocycles. The third-order valence-electron chi connectivity index (χ3n) is 3.95. The maximum atomic E-state index is 12.1. The van der Waals surface area contributed by atoms with E-state index in [0.29, 0.717) is 18.5 Å². The topological polar surface area (TPSA) is 71.1 Å². The molecule has 0 saturated carbocycles. The Morgan fingerprint density at radius 1 is 1.17 bits per heavy atom. The molecule has 1 fully saturated rings.